The van der Waals surface area contributed by atoms with E-state index in [1.165, 1.54) is 0 Å². The summed E-state index contributed by atoms with van der Waals surface area (Å²) in [6, 6.07) is 8.25. The summed E-state index contributed by atoms with van der Waals surface area (Å²) in [6.45, 7) is 8.00. The highest BCUT2D eigenvalue weighted by Gasteiger charge is 2.32. The third-order valence-corrected chi connectivity index (χ3v) is 5.21. The second-order valence-corrected chi connectivity index (χ2v) is 7.72. The SMILES string of the molecule is C[C@@H]1CN(C[C@H]2CCCN2C(=O)c2cccc(N(C)C)c2)C[C@H](C)O1. The fourth-order valence-corrected chi connectivity index (χ4v) is 4.11. The zero-order valence-corrected chi connectivity index (χ0v) is 15.9. The van der Waals surface area contributed by atoms with Crippen LogP contribution in [0.4, 0.5) is 5.69 Å². The molecule has 2 saturated heterocycles. The number of carbonyl (C=O) groups is 1. The molecule has 0 spiro atoms. The van der Waals surface area contributed by atoms with Crippen LogP contribution in [0.15, 0.2) is 24.3 Å². The van der Waals surface area contributed by atoms with Gasteiger partial charge in [-0.2, -0.15) is 0 Å². The fourth-order valence-electron chi connectivity index (χ4n) is 4.11. The Hall–Kier alpha value is -1.59. The number of anilines is 1. The number of likely N-dealkylation sites (tertiary alicyclic amines) is 1. The number of ether oxygens (including phenoxy) is 1. The molecule has 2 aliphatic heterocycles. The molecule has 0 radical (unpaired) electrons. The first-order valence-corrected chi connectivity index (χ1v) is 9.40. The summed E-state index contributed by atoms with van der Waals surface area (Å²) in [5.74, 6) is 0.167. The Balaban J connectivity index is 1.68. The smallest absolute Gasteiger partial charge is 0.254 e. The van der Waals surface area contributed by atoms with E-state index in [2.05, 4.69) is 23.6 Å². The maximum absolute atomic E-state index is 13.1. The molecule has 138 valence electrons. The van der Waals surface area contributed by atoms with Crippen LogP contribution in [0.2, 0.25) is 0 Å². The van der Waals surface area contributed by atoms with Crippen LogP contribution < -0.4 is 4.90 Å². The van der Waals surface area contributed by atoms with Crippen LogP contribution in [0.3, 0.4) is 0 Å². The highest BCUT2D eigenvalue weighted by molar-refractivity contribution is 5.95. The van der Waals surface area contributed by atoms with Gasteiger partial charge in [0, 0.05) is 57.6 Å². The monoisotopic (exact) mass is 345 g/mol. The van der Waals surface area contributed by atoms with Gasteiger partial charge in [0.1, 0.15) is 0 Å². The van der Waals surface area contributed by atoms with Gasteiger partial charge in [0.2, 0.25) is 0 Å². The summed E-state index contributed by atoms with van der Waals surface area (Å²) in [7, 11) is 4.01. The van der Waals surface area contributed by atoms with E-state index in [-0.39, 0.29) is 18.1 Å². The maximum atomic E-state index is 13.1. The molecule has 0 aliphatic carbocycles. The van der Waals surface area contributed by atoms with Crippen molar-refractivity contribution in [1.29, 1.82) is 0 Å². The van der Waals surface area contributed by atoms with Gasteiger partial charge in [-0.1, -0.05) is 6.07 Å². The number of hydrogen-bond donors (Lipinski definition) is 0. The molecule has 0 N–H and O–H groups in total. The minimum absolute atomic E-state index is 0.167. The van der Waals surface area contributed by atoms with Crippen LogP contribution in [-0.4, -0.2) is 74.2 Å². The van der Waals surface area contributed by atoms with Gasteiger partial charge in [0.25, 0.3) is 5.91 Å². The summed E-state index contributed by atoms with van der Waals surface area (Å²) in [5.41, 5.74) is 1.86. The van der Waals surface area contributed by atoms with E-state index in [4.69, 9.17) is 4.74 Å². The van der Waals surface area contributed by atoms with Gasteiger partial charge in [-0.05, 0) is 44.9 Å². The van der Waals surface area contributed by atoms with Crippen molar-refractivity contribution in [3.05, 3.63) is 29.8 Å². The van der Waals surface area contributed by atoms with Crippen molar-refractivity contribution >= 4 is 11.6 Å². The van der Waals surface area contributed by atoms with E-state index in [0.29, 0.717) is 6.04 Å². The zero-order chi connectivity index (χ0) is 18.0. The Labute approximate surface area is 151 Å². The molecule has 1 aromatic carbocycles. The molecule has 5 nitrogen and oxygen atoms in total. The Morgan fingerprint density at radius 2 is 1.96 bits per heavy atom. The number of benzene rings is 1. The van der Waals surface area contributed by atoms with Crippen molar-refractivity contribution in [3.8, 4) is 0 Å². The zero-order valence-electron chi connectivity index (χ0n) is 15.9. The summed E-state index contributed by atoms with van der Waals surface area (Å²) in [6.07, 6.45) is 2.73. The lowest BCUT2D eigenvalue weighted by Gasteiger charge is -2.38. The Bertz CT molecular complexity index is 594. The second kappa shape index (κ2) is 7.75. The largest absolute Gasteiger partial charge is 0.378 e. The predicted molar refractivity (Wildman–Crippen MR) is 101 cm³/mol. The van der Waals surface area contributed by atoms with Crippen LogP contribution in [0.25, 0.3) is 0 Å². The molecule has 25 heavy (non-hydrogen) atoms. The molecule has 0 unspecified atom stereocenters. The quantitative estimate of drug-likeness (QED) is 0.840. The van der Waals surface area contributed by atoms with Crippen molar-refractivity contribution < 1.29 is 9.53 Å². The number of amides is 1. The molecule has 1 amide bonds. The molecule has 2 aliphatic rings. The van der Waals surface area contributed by atoms with Crippen molar-refractivity contribution in [3.63, 3.8) is 0 Å². The van der Waals surface area contributed by atoms with Crippen LogP contribution in [0.5, 0.6) is 0 Å². The summed E-state index contributed by atoms with van der Waals surface area (Å²) < 4.78 is 5.83. The van der Waals surface area contributed by atoms with E-state index in [1.54, 1.807) is 0 Å². The number of nitrogens with zero attached hydrogens (tertiary/aromatic N) is 3. The molecule has 0 aromatic heterocycles. The second-order valence-electron chi connectivity index (χ2n) is 7.72. The average molecular weight is 345 g/mol. The molecule has 2 fully saturated rings. The normalized spacial score (nSPS) is 27.5. The van der Waals surface area contributed by atoms with Gasteiger partial charge in [0.15, 0.2) is 0 Å². The van der Waals surface area contributed by atoms with Crippen LogP contribution in [-0.2, 0) is 4.74 Å². The lowest BCUT2D eigenvalue weighted by Crippen LogP contribution is -2.50. The van der Waals surface area contributed by atoms with Crippen molar-refractivity contribution in [2.45, 2.75) is 44.9 Å². The first-order valence-electron chi connectivity index (χ1n) is 9.40. The van der Waals surface area contributed by atoms with Gasteiger partial charge in [-0.15, -0.1) is 0 Å². The topological polar surface area (TPSA) is 36.0 Å². The highest BCUT2D eigenvalue weighted by Crippen LogP contribution is 2.24. The molecular weight excluding hydrogens is 314 g/mol. The molecular formula is C20H31N3O2. The van der Waals surface area contributed by atoms with Gasteiger partial charge < -0.3 is 14.5 Å². The minimum Gasteiger partial charge on any atom is -0.378 e. The third kappa shape index (κ3) is 4.33. The lowest BCUT2D eigenvalue weighted by atomic mass is 10.1. The summed E-state index contributed by atoms with van der Waals surface area (Å²) >= 11 is 0. The van der Waals surface area contributed by atoms with E-state index < -0.39 is 0 Å². The predicted octanol–water partition coefficient (Wildman–Crippen LogP) is 2.47. The molecule has 3 rings (SSSR count). The molecule has 3 atom stereocenters. The molecule has 1 aromatic rings. The molecule has 2 heterocycles. The first-order chi connectivity index (χ1) is 11.9. The average Bonchev–Trinajstić information content (AvgIpc) is 3.01. The molecule has 5 heteroatoms. The Kier molecular flexibility index (Phi) is 5.64. The third-order valence-electron chi connectivity index (χ3n) is 5.21. The van der Waals surface area contributed by atoms with Gasteiger partial charge in [-0.25, -0.2) is 0 Å². The fraction of sp³-hybridized carbons (Fsp3) is 0.650. The number of rotatable bonds is 4. The van der Waals surface area contributed by atoms with E-state index in [1.807, 2.05) is 43.3 Å². The van der Waals surface area contributed by atoms with Crippen LogP contribution >= 0.6 is 0 Å². The van der Waals surface area contributed by atoms with Crippen molar-refractivity contribution in [1.82, 2.24) is 9.80 Å². The van der Waals surface area contributed by atoms with Crippen molar-refractivity contribution in [2.24, 2.45) is 0 Å². The molecule has 0 saturated carbocycles. The van der Waals surface area contributed by atoms with E-state index in [0.717, 1.165) is 50.3 Å². The molecule has 0 bridgehead atoms. The highest BCUT2D eigenvalue weighted by atomic mass is 16.5. The number of hydrogen-bond acceptors (Lipinski definition) is 4. The van der Waals surface area contributed by atoms with Gasteiger partial charge >= 0.3 is 0 Å². The minimum atomic E-state index is 0.167. The van der Waals surface area contributed by atoms with Crippen LogP contribution in [0.1, 0.15) is 37.0 Å². The number of morpholine rings is 1. The van der Waals surface area contributed by atoms with E-state index in [9.17, 15) is 4.79 Å². The Morgan fingerprint density at radius 3 is 2.64 bits per heavy atom. The Morgan fingerprint density at radius 1 is 1.24 bits per heavy atom. The van der Waals surface area contributed by atoms with Crippen LogP contribution in [0, 0.1) is 0 Å². The van der Waals surface area contributed by atoms with Crippen molar-refractivity contribution in [2.75, 3.05) is 45.2 Å². The first kappa shape index (κ1) is 18.2. The summed E-state index contributed by atoms with van der Waals surface area (Å²) in [4.78, 5) is 19.6. The van der Waals surface area contributed by atoms with E-state index >= 15 is 0 Å². The van der Waals surface area contributed by atoms with Gasteiger partial charge in [-0.3, -0.25) is 9.69 Å². The maximum Gasteiger partial charge on any atom is 0.254 e. The summed E-state index contributed by atoms with van der Waals surface area (Å²) in [5, 5.41) is 0. The lowest BCUT2D eigenvalue weighted by molar-refractivity contribution is -0.0715. The number of carbonyl (C=O) groups excluding carboxylic acids is 1. The van der Waals surface area contributed by atoms with Gasteiger partial charge in [0.05, 0.1) is 12.2 Å². The standard InChI is InChI=1S/C20H31N3O2/c1-15-12-22(13-16(2)25-15)14-19-9-6-10-23(19)20(24)17-7-5-8-18(11-17)21(3)4/h5,7-8,11,15-16,19H,6,9-10,12-14H2,1-4H3/t15-,16+,19-/m1/s1.